The van der Waals surface area contributed by atoms with Gasteiger partial charge in [-0.2, -0.15) is 0 Å². The fraction of sp³-hybridized carbons (Fsp3) is 0.250. The van der Waals surface area contributed by atoms with Crippen molar-refractivity contribution in [2.75, 3.05) is 19.8 Å². The second-order valence-corrected chi connectivity index (χ2v) is 8.20. The quantitative estimate of drug-likeness (QED) is 0.732. The normalized spacial score (nSPS) is 13.7. The zero-order chi connectivity index (χ0) is 18.9. The van der Waals surface area contributed by atoms with Crippen LogP contribution in [-0.4, -0.2) is 33.2 Å². The molecule has 7 heteroatoms. The number of pyridine rings is 1. The first-order valence-electron chi connectivity index (χ1n) is 8.76. The summed E-state index contributed by atoms with van der Waals surface area (Å²) < 4.78 is 39.3. The second-order valence-electron chi connectivity index (χ2n) is 6.47. The van der Waals surface area contributed by atoms with Crippen LogP contribution in [0.5, 0.6) is 11.5 Å². The molecule has 4 rings (SSSR count). The summed E-state index contributed by atoms with van der Waals surface area (Å²) in [6.45, 7) is 3.28. The molecule has 2 heterocycles. The molecule has 1 N–H and O–H groups in total. The lowest BCUT2D eigenvalue weighted by Crippen LogP contribution is -2.26. The SMILES string of the molecule is Cc1cnc2c(S(=O)(=O)NCCc3ccc4c(c3)OCCO4)cccc2c1. The Hall–Kier alpha value is -2.64. The van der Waals surface area contributed by atoms with E-state index in [0.29, 0.717) is 30.9 Å². The third kappa shape index (κ3) is 3.74. The van der Waals surface area contributed by atoms with Gasteiger partial charge in [0.25, 0.3) is 0 Å². The van der Waals surface area contributed by atoms with Gasteiger partial charge in [-0.3, -0.25) is 4.98 Å². The van der Waals surface area contributed by atoms with E-state index < -0.39 is 10.0 Å². The topological polar surface area (TPSA) is 77.5 Å². The lowest BCUT2D eigenvalue weighted by atomic mass is 10.1. The van der Waals surface area contributed by atoms with E-state index in [1.54, 1.807) is 18.3 Å². The minimum absolute atomic E-state index is 0.196. The van der Waals surface area contributed by atoms with Gasteiger partial charge < -0.3 is 9.47 Å². The van der Waals surface area contributed by atoms with Crippen LogP contribution in [-0.2, 0) is 16.4 Å². The number of para-hydroxylation sites is 1. The molecule has 0 radical (unpaired) electrons. The molecule has 0 atom stereocenters. The molecule has 0 fully saturated rings. The van der Waals surface area contributed by atoms with Crippen LogP contribution in [0.3, 0.4) is 0 Å². The Morgan fingerprint density at radius 2 is 1.89 bits per heavy atom. The minimum Gasteiger partial charge on any atom is -0.486 e. The zero-order valence-electron chi connectivity index (χ0n) is 14.9. The van der Waals surface area contributed by atoms with Crippen molar-refractivity contribution in [3.63, 3.8) is 0 Å². The van der Waals surface area contributed by atoms with Crippen molar-refractivity contribution in [1.82, 2.24) is 9.71 Å². The Balaban J connectivity index is 1.50. The molecule has 1 aromatic heterocycles. The Kier molecular flexibility index (Phi) is 4.72. The average molecular weight is 384 g/mol. The van der Waals surface area contributed by atoms with E-state index in [4.69, 9.17) is 9.47 Å². The molecule has 0 spiro atoms. The number of ether oxygens (including phenoxy) is 2. The fourth-order valence-electron chi connectivity index (χ4n) is 3.11. The predicted octanol–water partition coefficient (Wildman–Crippen LogP) is 2.84. The molecule has 0 saturated carbocycles. The number of nitrogens with zero attached hydrogens (tertiary/aromatic N) is 1. The maximum atomic E-state index is 12.8. The largest absolute Gasteiger partial charge is 0.486 e. The van der Waals surface area contributed by atoms with Gasteiger partial charge in [0.05, 0.1) is 5.52 Å². The van der Waals surface area contributed by atoms with Crippen molar-refractivity contribution >= 4 is 20.9 Å². The molecule has 0 aliphatic carbocycles. The van der Waals surface area contributed by atoms with Crippen molar-refractivity contribution in [2.45, 2.75) is 18.2 Å². The fourth-order valence-corrected chi connectivity index (χ4v) is 4.32. The van der Waals surface area contributed by atoms with E-state index >= 15 is 0 Å². The highest BCUT2D eigenvalue weighted by atomic mass is 32.2. The summed E-state index contributed by atoms with van der Waals surface area (Å²) in [6.07, 6.45) is 2.23. The van der Waals surface area contributed by atoms with Crippen molar-refractivity contribution in [3.05, 3.63) is 59.8 Å². The van der Waals surface area contributed by atoms with Crippen LogP contribution in [0.15, 0.2) is 53.6 Å². The van der Waals surface area contributed by atoms with E-state index in [9.17, 15) is 8.42 Å². The highest BCUT2D eigenvalue weighted by Gasteiger charge is 2.18. The number of fused-ring (bicyclic) bond motifs is 2. The molecule has 140 valence electrons. The number of rotatable bonds is 5. The van der Waals surface area contributed by atoms with E-state index in [0.717, 1.165) is 22.3 Å². The molecular formula is C20H20N2O4S. The number of hydrogen-bond acceptors (Lipinski definition) is 5. The molecule has 1 aliphatic rings. The van der Waals surface area contributed by atoms with Gasteiger partial charge in [-0.25, -0.2) is 13.1 Å². The monoisotopic (exact) mass is 384 g/mol. The lowest BCUT2D eigenvalue weighted by Gasteiger charge is -2.18. The van der Waals surface area contributed by atoms with Crippen LogP contribution in [0.4, 0.5) is 0 Å². The standard InChI is InChI=1S/C20H20N2O4S/c1-14-11-16-3-2-4-19(20(16)21-13-14)27(23,24)22-8-7-15-5-6-17-18(12-15)26-10-9-25-17/h2-6,11-13,22H,7-10H2,1H3. The lowest BCUT2D eigenvalue weighted by molar-refractivity contribution is 0.171. The summed E-state index contributed by atoms with van der Waals surface area (Å²) in [5.41, 5.74) is 2.45. The average Bonchev–Trinajstić information content (AvgIpc) is 2.67. The van der Waals surface area contributed by atoms with Gasteiger partial charge in [-0.15, -0.1) is 0 Å². The Labute approximate surface area is 158 Å². The van der Waals surface area contributed by atoms with E-state index in [1.165, 1.54) is 0 Å². The molecular weight excluding hydrogens is 364 g/mol. The van der Waals surface area contributed by atoms with Crippen molar-refractivity contribution < 1.29 is 17.9 Å². The number of benzene rings is 2. The van der Waals surface area contributed by atoms with Gasteiger partial charge in [0.1, 0.15) is 18.1 Å². The predicted molar refractivity (Wildman–Crippen MR) is 103 cm³/mol. The summed E-state index contributed by atoms with van der Waals surface area (Å²) in [6, 6.07) is 12.8. The van der Waals surface area contributed by atoms with Gasteiger partial charge in [-0.1, -0.05) is 18.2 Å². The summed E-state index contributed by atoms with van der Waals surface area (Å²) in [4.78, 5) is 4.51. The molecule has 0 saturated heterocycles. The maximum Gasteiger partial charge on any atom is 0.242 e. The molecule has 0 bridgehead atoms. The molecule has 1 aliphatic heterocycles. The molecule has 0 amide bonds. The molecule has 27 heavy (non-hydrogen) atoms. The molecule has 3 aromatic rings. The Morgan fingerprint density at radius 1 is 1.07 bits per heavy atom. The molecule has 6 nitrogen and oxygen atoms in total. The Bertz CT molecular complexity index is 1100. The highest BCUT2D eigenvalue weighted by Crippen LogP contribution is 2.30. The Morgan fingerprint density at radius 3 is 2.74 bits per heavy atom. The van der Waals surface area contributed by atoms with Gasteiger partial charge in [0.2, 0.25) is 10.0 Å². The summed E-state index contributed by atoms with van der Waals surface area (Å²) in [7, 11) is -3.66. The van der Waals surface area contributed by atoms with Crippen LogP contribution in [0.2, 0.25) is 0 Å². The molecule has 0 unspecified atom stereocenters. The first-order chi connectivity index (χ1) is 13.0. The van der Waals surface area contributed by atoms with Gasteiger partial charge in [0.15, 0.2) is 11.5 Å². The number of nitrogens with one attached hydrogen (secondary N) is 1. The number of aryl methyl sites for hydroxylation is 1. The first-order valence-corrected chi connectivity index (χ1v) is 10.2. The third-order valence-electron chi connectivity index (χ3n) is 4.41. The molecule has 2 aromatic carbocycles. The minimum atomic E-state index is -3.66. The number of aromatic nitrogens is 1. The van der Waals surface area contributed by atoms with Crippen LogP contribution in [0.25, 0.3) is 10.9 Å². The number of hydrogen-bond donors (Lipinski definition) is 1. The van der Waals surface area contributed by atoms with E-state index in [-0.39, 0.29) is 11.4 Å². The van der Waals surface area contributed by atoms with Crippen LogP contribution >= 0.6 is 0 Å². The van der Waals surface area contributed by atoms with Gasteiger partial charge in [-0.05, 0) is 48.7 Å². The van der Waals surface area contributed by atoms with Gasteiger partial charge >= 0.3 is 0 Å². The highest BCUT2D eigenvalue weighted by molar-refractivity contribution is 7.89. The zero-order valence-corrected chi connectivity index (χ0v) is 15.8. The summed E-state index contributed by atoms with van der Waals surface area (Å²) in [5.74, 6) is 1.43. The first kappa shape index (κ1) is 17.8. The number of sulfonamides is 1. The maximum absolute atomic E-state index is 12.8. The summed E-state index contributed by atoms with van der Waals surface area (Å²) >= 11 is 0. The van der Waals surface area contributed by atoms with E-state index in [1.807, 2.05) is 37.3 Å². The van der Waals surface area contributed by atoms with Crippen molar-refractivity contribution in [1.29, 1.82) is 0 Å². The smallest absolute Gasteiger partial charge is 0.242 e. The van der Waals surface area contributed by atoms with Crippen LogP contribution < -0.4 is 14.2 Å². The van der Waals surface area contributed by atoms with Crippen LogP contribution in [0.1, 0.15) is 11.1 Å². The van der Waals surface area contributed by atoms with Crippen LogP contribution in [0, 0.1) is 6.92 Å². The summed E-state index contributed by atoms with van der Waals surface area (Å²) in [5, 5.41) is 0.810. The third-order valence-corrected chi connectivity index (χ3v) is 5.91. The second kappa shape index (κ2) is 7.17. The van der Waals surface area contributed by atoms with Crippen molar-refractivity contribution in [3.8, 4) is 11.5 Å². The van der Waals surface area contributed by atoms with Crippen molar-refractivity contribution in [2.24, 2.45) is 0 Å². The van der Waals surface area contributed by atoms with Gasteiger partial charge in [0, 0.05) is 18.1 Å². The van der Waals surface area contributed by atoms with E-state index in [2.05, 4.69) is 9.71 Å².